The van der Waals surface area contributed by atoms with Crippen LogP contribution in [0.4, 0.5) is 5.82 Å². The highest BCUT2D eigenvalue weighted by Gasteiger charge is 2.36. The number of imidazole rings is 1. The van der Waals surface area contributed by atoms with Crippen LogP contribution in [0.1, 0.15) is 44.7 Å². The SMILES string of the molecule is CCCCC#Cc1nc2c(N)ncnc2n1[C@H]1C[C@H](O)[C@@H](CO)O1. The van der Waals surface area contributed by atoms with E-state index in [-0.39, 0.29) is 12.4 Å². The molecule has 3 atom stereocenters. The van der Waals surface area contributed by atoms with Gasteiger partial charge in [0.15, 0.2) is 22.8 Å². The maximum absolute atomic E-state index is 10.0. The Balaban J connectivity index is 2.03. The van der Waals surface area contributed by atoms with Gasteiger partial charge >= 0.3 is 0 Å². The summed E-state index contributed by atoms with van der Waals surface area (Å²) in [5.74, 6) is 6.88. The van der Waals surface area contributed by atoms with Crippen molar-refractivity contribution in [1.82, 2.24) is 19.5 Å². The molecule has 3 rings (SSSR count). The van der Waals surface area contributed by atoms with Crippen LogP contribution in [0.15, 0.2) is 6.33 Å². The maximum atomic E-state index is 10.0. The number of aromatic nitrogens is 4. The minimum atomic E-state index is -0.752. The Morgan fingerprint density at radius 1 is 1.46 bits per heavy atom. The highest BCUT2D eigenvalue weighted by atomic mass is 16.5. The van der Waals surface area contributed by atoms with Crippen LogP contribution in [0, 0.1) is 11.8 Å². The minimum absolute atomic E-state index is 0.251. The first kappa shape index (κ1) is 16.6. The van der Waals surface area contributed by atoms with E-state index in [1.165, 1.54) is 6.33 Å². The van der Waals surface area contributed by atoms with Crippen molar-refractivity contribution in [1.29, 1.82) is 0 Å². The molecule has 3 heterocycles. The Morgan fingerprint density at radius 2 is 2.29 bits per heavy atom. The molecule has 24 heavy (non-hydrogen) atoms. The number of hydrogen-bond acceptors (Lipinski definition) is 7. The molecule has 1 fully saturated rings. The Bertz CT molecular complexity index is 779. The van der Waals surface area contributed by atoms with Crippen molar-refractivity contribution < 1.29 is 14.9 Å². The largest absolute Gasteiger partial charge is 0.394 e. The smallest absolute Gasteiger partial charge is 0.189 e. The summed E-state index contributed by atoms with van der Waals surface area (Å²) in [5, 5.41) is 19.3. The quantitative estimate of drug-likeness (QED) is 0.554. The van der Waals surface area contributed by atoms with E-state index >= 15 is 0 Å². The van der Waals surface area contributed by atoms with Crippen molar-refractivity contribution in [2.75, 3.05) is 12.3 Å². The van der Waals surface area contributed by atoms with Gasteiger partial charge in [0.25, 0.3) is 0 Å². The van der Waals surface area contributed by atoms with Crippen molar-refractivity contribution >= 4 is 17.0 Å². The summed E-state index contributed by atoms with van der Waals surface area (Å²) in [7, 11) is 0. The van der Waals surface area contributed by atoms with Gasteiger partial charge in [-0.15, -0.1) is 0 Å². The topological polar surface area (TPSA) is 119 Å². The lowest BCUT2D eigenvalue weighted by Crippen LogP contribution is -2.24. The predicted molar refractivity (Wildman–Crippen MR) is 87.8 cm³/mol. The van der Waals surface area contributed by atoms with Crippen LogP contribution in [-0.4, -0.2) is 48.5 Å². The molecule has 0 saturated carbocycles. The summed E-state index contributed by atoms with van der Waals surface area (Å²) in [6, 6.07) is 0. The third-order valence-corrected chi connectivity index (χ3v) is 4.03. The van der Waals surface area contributed by atoms with Crippen LogP contribution >= 0.6 is 0 Å². The molecule has 2 aromatic rings. The van der Waals surface area contributed by atoms with E-state index in [0.29, 0.717) is 23.4 Å². The van der Waals surface area contributed by atoms with Crippen LogP contribution in [0.25, 0.3) is 11.2 Å². The van der Waals surface area contributed by atoms with E-state index in [9.17, 15) is 10.2 Å². The van der Waals surface area contributed by atoms with Crippen molar-refractivity contribution in [3.05, 3.63) is 12.2 Å². The zero-order chi connectivity index (χ0) is 17.1. The van der Waals surface area contributed by atoms with Gasteiger partial charge in [-0.25, -0.2) is 15.0 Å². The fourth-order valence-corrected chi connectivity index (χ4v) is 2.73. The fraction of sp³-hybridized carbons (Fsp3) is 0.562. The molecule has 2 aromatic heterocycles. The number of aliphatic hydroxyl groups excluding tert-OH is 2. The number of unbranched alkanes of at least 4 members (excludes halogenated alkanes) is 2. The average molecular weight is 331 g/mol. The van der Waals surface area contributed by atoms with Crippen molar-refractivity contribution in [2.24, 2.45) is 0 Å². The molecule has 0 aliphatic carbocycles. The molecular formula is C16H21N5O3. The Hall–Kier alpha value is -2.21. The minimum Gasteiger partial charge on any atom is -0.394 e. The van der Waals surface area contributed by atoms with E-state index in [2.05, 4.69) is 33.7 Å². The van der Waals surface area contributed by atoms with E-state index < -0.39 is 18.4 Å². The van der Waals surface area contributed by atoms with Crippen LogP contribution in [0.5, 0.6) is 0 Å². The van der Waals surface area contributed by atoms with Crippen molar-refractivity contribution in [2.45, 2.75) is 51.0 Å². The van der Waals surface area contributed by atoms with Crippen LogP contribution in [0.2, 0.25) is 0 Å². The van der Waals surface area contributed by atoms with Gasteiger partial charge in [0.2, 0.25) is 0 Å². The summed E-state index contributed by atoms with van der Waals surface area (Å²) in [6.07, 6.45) is 2.65. The van der Waals surface area contributed by atoms with Gasteiger partial charge in [0, 0.05) is 12.8 Å². The molecule has 1 saturated heterocycles. The number of nitrogens with zero attached hydrogens (tertiary/aromatic N) is 4. The van der Waals surface area contributed by atoms with E-state index in [1.54, 1.807) is 4.57 Å². The van der Waals surface area contributed by atoms with E-state index in [4.69, 9.17) is 10.5 Å². The normalized spacial score (nSPS) is 23.4. The number of hydrogen-bond donors (Lipinski definition) is 3. The monoisotopic (exact) mass is 331 g/mol. The molecule has 1 aliphatic rings. The van der Waals surface area contributed by atoms with E-state index in [1.807, 2.05) is 0 Å². The average Bonchev–Trinajstić information content (AvgIpc) is 3.12. The van der Waals surface area contributed by atoms with Gasteiger partial charge in [0.1, 0.15) is 18.7 Å². The summed E-state index contributed by atoms with van der Waals surface area (Å²) in [5.41, 5.74) is 6.86. The molecule has 128 valence electrons. The Morgan fingerprint density at radius 3 is 3.00 bits per heavy atom. The Labute approximate surface area is 139 Å². The van der Waals surface area contributed by atoms with Crippen LogP contribution < -0.4 is 5.73 Å². The lowest BCUT2D eigenvalue weighted by Gasteiger charge is -2.14. The molecule has 0 unspecified atom stereocenters. The van der Waals surface area contributed by atoms with Gasteiger partial charge in [-0.3, -0.25) is 4.57 Å². The van der Waals surface area contributed by atoms with E-state index in [0.717, 1.165) is 19.3 Å². The molecule has 0 radical (unpaired) electrons. The number of aliphatic hydroxyl groups is 2. The van der Waals surface area contributed by atoms with Crippen molar-refractivity contribution in [3.63, 3.8) is 0 Å². The second-order valence-corrected chi connectivity index (χ2v) is 5.76. The summed E-state index contributed by atoms with van der Waals surface area (Å²) >= 11 is 0. The zero-order valence-electron chi connectivity index (χ0n) is 13.5. The van der Waals surface area contributed by atoms with Gasteiger partial charge in [-0.2, -0.15) is 0 Å². The number of nitrogens with two attached hydrogens (primary N) is 1. The molecular weight excluding hydrogens is 310 g/mol. The molecule has 1 aliphatic heterocycles. The predicted octanol–water partition coefficient (Wildman–Crippen LogP) is 0.591. The van der Waals surface area contributed by atoms with Gasteiger partial charge < -0.3 is 20.7 Å². The number of rotatable bonds is 4. The summed E-state index contributed by atoms with van der Waals surface area (Å²) in [4.78, 5) is 12.6. The summed E-state index contributed by atoms with van der Waals surface area (Å²) < 4.78 is 7.46. The zero-order valence-corrected chi connectivity index (χ0v) is 13.5. The molecule has 0 amide bonds. The molecule has 8 nitrogen and oxygen atoms in total. The number of nitrogen functional groups attached to an aromatic ring is 1. The van der Waals surface area contributed by atoms with Gasteiger partial charge in [0.05, 0.1) is 12.7 Å². The number of ether oxygens (including phenoxy) is 1. The van der Waals surface area contributed by atoms with Crippen LogP contribution in [0.3, 0.4) is 0 Å². The van der Waals surface area contributed by atoms with Crippen molar-refractivity contribution in [3.8, 4) is 11.8 Å². The van der Waals surface area contributed by atoms with Gasteiger partial charge in [-0.05, 0) is 12.3 Å². The molecule has 8 heteroatoms. The lowest BCUT2D eigenvalue weighted by molar-refractivity contribution is -0.0434. The summed E-state index contributed by atoms with van der Waals surface area (Å²) in [6.45, 7) is 1.86. The molecule has 4 N–H and O–H groups in total. The van der Waals surface area contributed by atoms with Crippen LogP contribution in [-0.2, 0) is 4.74 Å². The second-order valence-electron chi connectivity index (χ2n) is 5.76. The highest BCUT2D eigenvalue weighted by Crippen LogP contribution is 2.32. The first-order chi connectivity index (χ1) is 11.7. The molecule has 0 spiro atoms. The maximum Gasteiger partial charge on any atom is 0.189 e. The first-order valence-corrected chi connectivity index (χ1v) is 8.07. The molecule has 0 bridgehead atoms. The Kier molecular flexibility index (Phi) is 4.94. The van der Waals surface area contributed by atoms with Gasteiger partial charge in [-0.1, -0.05) is 19.3 Å². The standard InChI is InChI=1S/C16H21N5O3/c1-2-3-4-5-6-12-20-14-15(17)18-9-19-16(14)21(12)13-7-10(23)11(8-22)24-13/h9-11,13,22-23H,2-4,7-8H2,1H3,(H2,17,18,19)/t10-,11+,13+/m0/s1. The fourth-order valence-electron chi connectivity index (χ4n) is 2.73. The first-order valence-electron chi connectivity index (χ1n) is 8.07. The number of anilines is 1. The third kappa shape index (κ3) is 3.06. The lowest BCUT2D eigenvalue weighted by atomic mass is 10.2. The highest BCUT2D eigenvalue weighted by molar-refractivity contribution is 5.82. The number of fused-ring (bicyclic) bond motifs is 1. The third-order valence-electron chi connectivity index (χ3n) is 4.03. The second kappa shape index (κ2) is 7.13. The molecule has 0 aromatic carbocycles.